The number of rotatable bonds is 3. The second-order valence-corrected chi connectivity index (χ2v) is 4.57. The maximum absolute atomic E-state index is 11.1. The minimum absolute atomic E-state index is 0.0582. The number of aliphatic hydroxyl groups is 1. The molecule has 1 aliphatic rings. The van der Waals surface area contributed by atoms with E-state index >= 15 is 0 Å². The largest absolute Gasteiger partial charge is 0.463 e. The molecule has 0 aliphatic heterocycles. The summed E-state index contributed by atoms with van der Waals surface area (Å²) in [5, 5.41) is 8.72. The van der Waals surface area contributed by atoms with E-state index in [1.165, 1.54) is 22.3 Å². The molecule has 0 spiro atoms. The number of aliphatic hydroxyl groups excluding tert-OH is 1. The standard InChI is InChI=1S/C16H14O3/c17-9-16(18)19-10-15-13-7-3-1-5-11(13)12-6-2-4-8-14(12)15/h1-8,15,17H,9-10H2. The van der Waals surface area contributed by atoms with Crippen LogP contribution in [0.25, 0.3) is 11.1 Å². The van der Waals surface area contributed by atoms with Gasteiger partial charge in [-0.2, -0.15) is 0 Å². The van der Waals surface area contributed by atoms with Gasteiger partial charge in [-0.15, -0.1) is 0 Å². The zero-order chi connectivity index (χ0) is 13.2. The zero-order valence-corrected chi connectivity index (χ0v) is 10.4. The Kier molecular flexibility index (Phi) is 3.05. The molecule has 96 valence electrons. The van der Waals surface area contributed by atoms with Crippen molar-refractivity contribution in [3.05, 3.63) is 59.7 Å². The van der Waals surface area contributed by atoms with Gasteiger partial charge in [-0.05, 0) is 22.3 Å². The van der Waals surface area contributed by atoms with Crippen molar-refractivity contribution in [3.63, 3.8) is 0 Å². The van der Waals surface area contributed by atoms with Crippen LogP contribution in [-0.2, 0) is 9.53 Å². The third-order valence-electron chi connectivity index (χ3n) is 3.50. The highest BCUT2D eigenvalue weighted by Crippen LogP contribution is 2.44. The lowest BCUT2D eigenvalue weighted by molar-refractivity contribution is -0.147. The third-order valence-corrected chi connectivity index (χ3v) is 3.50. The Labute approximate surface area is 111 Å². The first-order chi connectivity index (χ1) is 9.31. The van der Waals surface area contributed by atoms with Crippen LogP contribution in [0.2, 0.25) is 0 Å². The first-order valence-electron chi connectivity index (χ1n) is 6.26. The molecule has 3 nitrogen and oxygen atoms in total. The third kappa shape index (κ3) is 2.02. The fourth-order valence-electron chi connectivity index (χ4n) is 2.66. The summed E-state index contributed by atoms with van der Waals surface area (Å²) in [4.78, 5) is 11.1. The lowest BCUT2D eigenvalue weighted by Gasteiger charge is -2.13. The average molecular weight is 254 g/mol. The molecule has 2 aromatic carbocycles. The lowest BCUT2D eigenvalue weighted by Crippen LogP contribution is -2.14. The van der Waals surface area contributed by atoms with E-state index in [9.17, 15) is 4.79 Å². The average Bonchev–Trinajstić information content (AvgIpc) is 2.79. The topological polar surface area (TPSA) is 46.5 Å². The maximum atomic E-state index is 11.1. The van der Waals surface area contributed by atoms with Crippen molar-refractivity contribution in [3.8, 4) is 11.1 Å². The summed E-state index contributed by atoms with van der Waals surface area (Å²) in [6.45, 7) is -0.302. The van der Waals surface area contributed by atoms with Crippen molar-refractivity contribution in [2.45, 2.75) is 5.92 Å². The molecular weight excluding hydrogens is 240 g/mol. The molecule has 0 atom stereocenters. The van der Waals surface area contributed by atoms with Crippen LogP contribution in [-0.4, -0.2) is 24.3 Å². The van der Waals surface area contributed by atoms with Crippen LogP contribution in [0.5, 0.6) is 0 Å². The highest BCUT2D eigenvalue weighted by molar-refractivity contribution is 5.79. The van der Waals surface area contributed by atoms with Gasteiger partial charge in [-0.1, -0.05) is 48.5 Å². The Morgan fingerprint density at radius 1 is 1.00 bits per heavy atom. The Morgan fingerprint density at radius 3 is 2.05 bits per heavy atom. The molecule has 0 bridgehead atoms. The van der Waals surface area contributed by atoms with Crippen LogP contribution >= 0.6 is 0 Å². The smallest absolute Gasteiger partial charge is 0.331 e. The molecule has 2 aromatic rings. The molecule has 1 aliphatic carbocycles. The monoisotopic (exact) mass is 254 g/mol. The number of esters is 1. The summed E-state index contributed by atoms with van der Waals surface area (Å²) < 4.78 is 5.10. The normalized spacial score (nSPS) is 12.9. The van der Waals surface area contributed by atoms with Crippen molar-refractivity contribution in [1.29, 1.82) is 0 Å². The second-order valence-electron chi connectivity index (χ2n) is 4.57. The summed E-state index contributed by atoms with van der Waals surface area (Å²) in [5.41, 5.74) is 4.75. The summed E-state index contributed by atoms with van der Waals surface area (Å²) in [6.07, 6.45) is 0. The van der Waals surface area contributed by atoms with Crippen LogP contribution < -0.4 is 0 Å². The first-order valence-corrected chi connectivity index (χ1v) is 6.26. The van der Waals surface area contributed by atoms with E-state index in [-0.39, 0.29) is 12.5 Å². The van der Waals surface area contributed by atoms with Crippen molar-refractivity contribution < 1.29 is 14.6 Å². The van der Waals surface area contributed by atoms with Gasteiger partial charge in [-0.3, -0.25) is 0 Å². The van der Waals surface area contributed by atoms with E-state index in [2.05, 4.69) is 24.3 Å². The van der Waals surface area contributed by atoms with Crippen LogP contribution in [0, 0.1) is 0 Å². The van der Waals surface area contributed by atoms with Gasteiger partial charge in [0.25, 0.3) is 0 Å². The molecule has 3 rings (SSSR count). The summed E-state index contributed by atoms with van der Waals surface area (Å²) in [6, 6.07) is 16.3. The van der Waals surface area contributed by atoms with Crippen molar-refractivity contribution in [1.82, 2.24) is 0 Å². The van der Waals surface area contributed by atoms with Gasteiger partial charge in [-0.25, -0.2) is 4.79 Å². The van der Waals surface area contributed by atoms with E-state index in [0.29, 0.717) is 0 Å². The van der Waals surface area contributed by atoms with Crippen LogP contribution in [0.1, 0.15) is 17.0 Å². The summed E-state index contributed by atoms with van der Waals surface area (Å²) in [5.74, 6) is -0.523. The fraction of sp³-hybridized carbons (Fsp3) is 0.188. The van der Waals surface area contributed by atoms with Crippen molar-refractivity contribution >= 4 is 5.97 Å². The van der Waals surface area contributed by atoms with E-state index in [1.54, 1.807) is 0 Å². The van der Waals surface area contributed by atoms with Gasteiger partial charge in [0, 0.05) is 5.92 Å². The highest BCUT2D eigenvalue weighted by Gasteiger charge is 2.28. The molecular formula is C16H14O3. The molecule has 0 saturated heterocycles. The van der Waals surface area contributed by atoms with Gasteiger partial charge in [0.2, 0.25) is 0 Å². The summed E-state index contributed by atoms with van der Waals surface area (Å²) in [7, 11) is 0. The molecule has 0 radical (unpaired) electrons. The van der Waals surface area contributed by atoms with E-state index in [4.69, 9.17) is 9.84 Å². The van der Waals surface area contributed by atoms with E-state index < -0.39 is 12.6 Å². The first kappa shape index (κ1) is 11.9. The molecule has 1 N–H and O–H groups in total. The number of hydrogen-bond donors (Lipinski definition) is 1. The summed E-state index contributed by atoms with van der Waals surface area (Å²) >= 11 is 0. The van der Waals surface area contributed by atoms with Crippen LogP contribution in [0.4, 0.5) is 0 Å². The predicted octanol–water partition coefficient (Wildman–Crippen LogP) is 2.33. The second kappa shape index (κ2) is 4.86. The van der Waals surface area contributed by atoms with Gasteiger partial charge in [0.15, 0.2) is 0 Å². The molecule has 19 heavy (non-hydrogen) atoms. The van der Waals surface area contributed by atoms with Gasteiger partial charge < -0.3 is 9.84 Å². The van der Waals surface area contributed by atoms with E-state index in [1.807, 2.05) is 24.3 Å². The van der Waals surface area contributed by atoms with Crippen molar-refractivity contribution in [2.75, 3.05) is 13.2 Å². The molecule has 0 fully saturated rings. The van der Waals surface area contributed by atoms with Crippen molar-refractivity contribution in [2.24, 2.45) is 0 Å². The zero-order valence-electron chi connectivity index (χ0n) is 10.4. The number of fused-ring (bicyclic) bond motifs is 3. The SMILES string of the molecule is O=C(CO)OCC1c2ccccc2-c2ccccc21. The fourth-order valence-corrected chi connectivity index (χ4v) is 2.66. The Hall–Kier alpha value is -2.13. The Morgan fingerprint density at radius 2 is 1.53 bits per heavy atom. The van der Waals surface area contributed by atoms with Crippen LogP contribution in [0.3, 0.4) is 0 Å². The minimum Gasteiger partial charge on any atom is -0.463 e. The predicted molar refractivity (Wildman–Crippen MR) is 71.8 cm³/mol. The quantitative estimate of drug-likeness (QED) is 0.855. The maximum Gasteiger partial charge on any atom is 0.331 e. The van der Waals surface area contributed by atoms with Gasteiger partial charge in [0.1, 0.15) is 13.2 Å². The molecule has 0 amide bonds. The molecule has 0 unspecified atom stereocenters. The molecule has 3 heteroatoms. The molecule has 0 saturated carbocycles. The molecule has 0 aromatic heterocycles. The van der Waals surface area contributed by atoms with Gasteiger partial charge in [0.05, 0.1) is 0 Å². The number of carbonyl (C=O) groups is 1. The highest BCUT2D eigenvalue weighted by atomic mass is 16.5. The van der Waals surface area contributed by atoms with E-state index in [0.717, 1.165) is 0 Å². The number of benzene rings is 2. The lowest BCUT2D eigenvalue weighted by atomic mass is 9.98. The Bertz CT molecular complexity index is 573. The number of hydrogen-bond acceptors (Lipinski definition) is 3. The Balaban J connectivity index is 1.98. The number of carbonyl (C=O) groups excluding carboxylic acids is 1. The minimum atomic E-state index is -0.582. The van der Waals surface area contributed by atoms with Gasteiger partial charge >= 0.3 is 5.97 Å². The molecule has 0 heterocycles. The van der Waals surface area contributed by atoms with Crippen LogP contribution in [0.15, 0.2) is 48.5 Å². The number of ether oxygens (including phenoxy) is 1.